The Morgan fingerprint density at radius 2 is 2.00 bits per heavy atom. The van der Waals surface area contributed by atoms with Gasteiger partial charge in [0, 0.05) is 9.13 Å². The molecular formula is C12H9FINO2. The van der Waals surface area contributed by atoms with Crippen LogP contribution in [-0.2, 0) is 6.61 Å². The van der Waals surface area contributed by atoms with E-state index in [-0.39, 0.29) is 12.5 Å². The Balaban J connectivity index is 2.26. The van der Waals surface area contributed by atoms with E-state index in [2.05, 4.69) is 27.6 Å². The molecule has 0 saturated carbocycles. The minimum absolute atomic E-state index is 0.218. The summed E-state index contributed by atoms with van der Waals surface area (Å²) in [5.41, 5.74) is 0.323. The lowest BCUT2D eigenvalue weighted by atomic mass is 10.3. The zero-order chi connectivity index (χ0) is 12.3. The Morgan fingerprint density at radius 3 is 2.65 bits per heavy atom. The third kappa shape index (κ3) is 3.13. The molecule has 5 heteroatoms. The molecule has 0 atom stereocenters. The number of aromatic nitrogens is 1. The number of nitrogens with zero attached hydrogens (tertiary/aromatic N) is 1. The molecule has 0 fully saturated rings. The maximum absolute atomic E-state index is 12.9. The Kier molecular flexibility index (Phi) is 3.90. The third-order valence-corrected chi connectivity index (χ3v) is 2.81. The van der Waals surface area contributed by atoms with Gasteiger partial charge in [-0.1, -0.05) is 0 Å². The minimum atomic E-state index is -0.496. The number of rotatable bonds is 3. The molecule has 0 aliphatic heterocycles. The average molecular weight is 345 g/mol. The summed E-state index contributed by atoms with van der Waals surface area (Å²) in [5.74, 6) is 0.318. The quantitative estimate of drug-likeness (QED) is 0.870. The van der Waals surface area contributed by atoms with E-state index in [0.717, 1.165) is 9.77 Å². The lowest BCUT2D eigenvalue weighted by Crippen LogP contribution is -1.96. The smallest absolute Gasteiger partial charge is 0.224 e. The van der Waals surface area contributed by atoms with E-state index >= 15 is 0 Å². The van der Waals surface area contributed by atoms with Crippen LogP contribution >= 0.6 is 22.6 Å². The summed E-state index contributed by atoms with van der Waals surface area (Å²) in [6, 6.07) is 8.55. The number of aliphatic hydroxyl groups excluding tert-OH is 1. The predicted molar refractivity (Wildman–Crippen MR) is 69.4 cm³/mol. The van der Waals surface area contributed by atoms with Crippen molar-refractivity contribution in [1.82, 2.24) is 4.98 Å². The maximum Gasteiger partial charge on any atom is 0.224 e. The summed E-state index contributed by atoms with van der Waals surface area (Å²) in [6.45, 7) is -0.315. The highest BCUT2D eigenvalue weighted by molar-refractivity contribution is 14.1. The fourth-order valence-electron chi connectivity index (χ4n) is 1.29. The number of hydrogen-bond donors (Lipinski definition) is 1. The lowest BCUT2D eigenvalue weighted by Gasteiger charge is -2.08. The molecule has 0 amide bonds. The zero-order valence-electron chi connectivity index (χ0n) is 8.73. The van der Waals surface area contributed by atoms with Gasteiger partial charge in [-0.25, -0.2) is 9.37 Å². The van der Waals surface area contributed by atoms with E-state index in [4.69, 9.17) is 9.84 Å². The van der Waals surface area contributed by atoms with Gasteiger partial charge in [-0.05, 0) is 52.9 Å². The topological polar surface area (TPSA) is 42.4 Å². The number of benzene rings is 1. The van der Waals surface area contributed by atoms with Crippen molar-refractivity contribution in [2.45, 2.75) is 6.61 Å². The van der Waals surface area contributed by atoms with E-state index in [9.17, 15) is 4.39 Å². The molecule has 0 aliphatic rings. The van der Waals surface area contributed by atoms with Gasteiger partial charge >= 0.3 is 0 Å². The molecule has 3 nitrogen and oxygen atoms in total. The van der Waals surface area contributed by atoms with Crippen molar-refractivity contribution < 1.29 is 14.2 Å². The summed E-state index contributed by atoms with van der Waals surface area (Å²) in [5, 5.41) is 9.08. The van der Waals surface area contributed by atoms with Crippen molar-refractivity contribution >= 4 is 22.6 Å². The van der Waals surface area contributed by atoms with Gasteiger partial charge in [0.1, 0.15) is 11.6 Å². The molecule has 0 unspecified atom stereocenters. The van der Waals surface area contributed by atoms with Gasteiger partial charge in [0.15, 0.2) is 0 Å². The van der Waals surface area contributed by atoms with Gasteiger partial charge in [-0.3, -0.25) is 0 Å². The molecule has 17 heavy (non-hydrogen) atoms. The molecule has 1 aromatic heterocycles. The molecule has 1 heterocycles. The number of aliphatic hydroxyl groups is 1. The van der Waals surface area contributed by atoms with E-state index in [1.807, 2.05) is 12.1 Å². The summed E-state index contributed by atoms with van der Waals surface area (Å²) in [6.07, 6.45) is 1.06. The van der Waals surface area contributed by atoms with Crippen LogP contribution in [0.2, 0.25) is 0 Å². The standard InChI is InChI=1S/C12H9FINO2/c13-9-5-8(7-16)12(15-6-9)17-11-3-1-10(14)2-4-11/h1-6,16H,7H2. The highest BCUT2D eigenvalue weighted by Gasteiger charge is 2.07. The summed E-state index contributed by atoms with van der Waals surface area (Å²) >= 11 is 2.19. The van der Waals surface area contributed by atoms with Gasteiger partial charge in [0.2, 0.25) is 5.88 Å². The molecule has 0 radical (unpaired) electrons. The normalized spacial score (nSPS) is 10.3. The third-order valence-electron chi connectivity index (χ3n) is 2.09. The first kappa shape index (κ1) is 12.3. The second-order valence-corrected chi connectivity index (χ2v) is 4.58. The second-order valence-electron chi connectivity index (χ2n) is 3.33. The lowest BCUT2D eigenvalue weighted by molar-refractivity contribution is 0.274. The van der Waals surface area contributed by atoms with Crippen LogP contribution in [-0.4, -0.2) is 10.1 Å². The molecule has 1 N–H and O–H groups in total. The first-order chi connectivity index (χ1) is 8.19. The van der Waals surface area contributed by atoms with Crippen molar-refractivity contribution in [3.05, 3.63) is 51.5 Å². The van der Waals surface area contributed by atoms with Gasteiger partial charge in [-0.2, -0.15) is 0 Å². The van der Waals surface area contributed by atoms with Crippen LogP contribution in [0.15, 0.2) is 36.5 Å². The van der Waals surface area contributed by atoms with E-state index in [0.29, 0.717) is 11.3 Å². The summed E-state index contributed by atoms with van der Waals surface area (Å²) < 4.78 is 19.5. The Bertz CT molecular complexity index is 516. The van der Waals surface area contributed by atoms with Gasteiger partial charge in [0.05, 0.1) is 12.8 Å². The predicted octanol–water partition coefficient (Wildman–Crippen LogP) is 3.11. The van der Waals surface area contributed by atoms with Crippen LogP contribution in [0.3, 0.4) is 0 Å². The first-order valence-electron chi connectivity index (χ1n) is 4.88. The molecule has 0 aliphatic carbocycles. The van der Waals surface area contributed by atoms with Crippen LogP contribution in [0, 0.1) is 9.39 Å². The highest BCUT2D eigenvalue weighted by atomic mass is 127. The Morgan fingerprint density at radius 1 is 1.29 bits per heavy atom. The van der Waals surface area contributed by atoms with Crippen molar-refractivity contribution in [3.8, 4) is 11.6 Å². The Hall–Kier alpha value is -1.21. The maximum atomic E-state index is 12.9. The SMILES string of the molecule is OCc1cc(F)cnc1Oc1ccc(I)cc1. The number of pyridine rings is 1. The molecule has 2 rings (SSSR count). The van der Waals surface area contributed by atoms with Gasteiger partial charge in [0.25, 0.3) is 0 Å². The van der Waals surface area contributed by atoms with Crippen LogP contribution in [0.25, 0.3) is 0 Å². The van der Waals surface area contributed by atoms with Gasteiger partial charge in [-0.15, -0.1) is 0 Å². The fraction of sp³-hybridized carbons (Fsp3) is 0.0833. The second kappa shape index (κ2) is 5.42. The molecule has 0 spiro atoms. The molecular weight excluding hydrogens is 336 g/mol. The molecule has 0 saturated heterocycles. The molecule has 2 aromatic rings. The van der Waals surface area contributed by atoms with Crippen LogP contribution in [0.4, 0.5) is 4.39 Å². The largest absolute Gasteiger partial charge is 0.439 e. The van der Waals surface area contributed by atoms with Crippen LogP contribution < -0.4 is 4.74 Å². The summed E-state index contributed by atoms with van der Waals surface area (Å²) in [7, 11) is 0. The average Bonchev–Trinajstić information content (AvgIpc) is 2.34. The van der Waals surface area contributed by atoms with Crippen LogP contribution in [0.5, 0.6) is 11.6 Å². The van der Waals surface area contributed by atoms with Crippen molar-refractivity contribution in [2.75, 3.05) is 0 Å². The minimum Gasteiger partial charge on any atom is -0.439 e. The van der Waals surface area contributed by atoms with E-state index in [1.165, 1.54) is 6.07 Å². The van der Waals surface area contributed by atoms with Crippen LogP contribution in [0.1, 0.15) is 5.56 Å². The number of halogens is 2. The highest BCUT2D eigenvalue weighted by Crippen LogP contribution is 2.24. The molecule has 1 aromatic carbocycles. The zero-order valence-corrected chi connectivity index (χ0v) is 10.9. The summed E-state index contributed by atoms with van der Waals surface area (Å²) in [4.78, 5) is 3.81. The fourth-order valence-corrected chi connectivity index (χ4v) is 1.65. The van der Waals surface area contributed by atoms with Gasteiger partial charge < -0.3 is 9.84 Å². The van der Waals surface area contributed by atoms with Crippen molar-refractivity contribution in [2.24, 2.45) is 0 Å². The first-order valence-corrected chi connectivity index (χ1v) is 5.95. The van der Waals surface area contributed by atoms with Crippen molar-refractivity contribution in [1.29, 1.82) is 0 Å². The monoisotopic (exact) mass is 345 g/mol. The number of hydrogen-bond acceptors (Lipinski definition) is 3. The van der Waals surface area contributed by atoms with Crippen molar-refractivity contribution in [3.63, 3.8) is 0 Å². The van der Waals surface area contributed by atoms with E-state index < -0.39 is 5.82 Å². The molecule has 0 bridgehead atoms. The Labute approximate surface area is 111 Å². The molecule has 88 valence electrons. The van der Waals surface area contributed by atoms with E-state index in [1.54, 1.807) is 12.1 Å². The number of ether oxygens (including phenoxy) is 1.